The van der Waals surface area contributed by atoms with Crippen LogP contribution in [0, 0.1) is 11.6 Å². The quantitative estimate of drug-likeness (QED) is 0.645. The minimum atomic E-state index is -0.574. The van der Waals surface area contributed by atoms with E-state index < -0.39 is 11.6 Å². The van der Waals surface area contributed by atoms with Crippen LogP contribution in [0.15, 0.2) is 41.4 Å². The largest absolute Gasteiger partial charge is 0.454 e. The predicted octanol–water partition coefficient (Wildman–Crippen LogP) is 2.60. The van der Waals surface area contributed by atoms with E-state index in [-0.39, 0.29) is 6.79 Å². The molecule has 132 valence electrons. The number of guanidine groups is 1. The number of fused-ring (bicyclic) bond motifs is 1. The van der Waals surface area contributed by atoms with Crippen LogP contribution < -0.4 is 20.1 Å². The molecule has 1 heterocycles. The molecule has 1 aliphatic heterocycles. The third-order valence-electron chi connectivity index (χ3n) is 3.82. The summed E-state index contributed by atoms with van der Waals surface area (Å²) in [7, 11) is 1.66. The Hall–Kier alpha value is -2.83. The van der Waals surface area contributed by atoms with Crippen molar-refractivity contribution in [1.29, 1.82) is 0 Å². The number of aliphatic imine (C=N–C) groups is 1. The molecule has 1 aliphatic rings. The van der Waals surface area contributed by atoms with Gasteiger partial charge in [-0.25, -0.2) is 8.78 Å². The Bertz CT molecular complexity index is 781. The van der Waals surface area contributed by atoms with Crippen LogP contribution >= 0.6 is 0 Å². The minimum Gasteiger partial charge on any atom is -0.454 e. The van der Waals surface area contributed by atoms with Crippen LogP contribution in [0.25, 0.3) is 0 Å². The maximum atomic E-state index is 13.6. The molecule has 0 bridgehead atoms. The third kappa shape index (κ3) is 4.37. The molecule has 7 heteroatoms. The molecular formula is C18H19F2N3O2. The molecule has 2 N–H and O–H groups in total. The first-order valence-corrected chi connectivity index (χ1v) is 7.92. The lowest BCUT2D eigenvalue weighted by molar-refractivity contribution is 0.174. The van der Waals surface area contributed by atoms with Crippen LogP contribution in [0.3, 0.4) is 0 Å². The molecule has 0 saturated carbocycles. The number of halogens is 2. The monoisotopic (exact) mass is 347 g/mol. The Morgan fingerprint density at radius 2 is 1.92 bits per heavy atom. The van der Waals surface area contributed by atoms with Gasteiger partial charge in [-0.15, -0.1) is 0 Å². The zero-order valence-electron chi connectivity index (χ0n) is 13.8. The lowest BCUT2D eigenvalue weighted by atomic mass is 10.1. The molecule has 0 aliphatic carbocycles. The number of hydrogen-bond donors (Lipinski definition) is 2. The molecule has 0 unspecified atom stereocenters. The summed E-state index contributed by atoms with van der Waals surface area (Å²) in [5, 5.41) is 6.28. The molecule has 0 atom stereocenters. The average Bonchev–Trinajstić information content (AvgIpc) is 3.07. The van der Waals surface area contributed by atoms with Crippen molar-refractivity contribution < 1.29 is 18.3 Å². The van der Waals surface area contributed by atoms with Crippen LogP contribution in [-0.2, 0) is 13.0 Å². The molecule has 2 aromatic rings. The van der Waals surface area contributed by atoms with E-state index in [0.29, 0.717) is 31.0 Å². The van der Waals surface area contributed by atoms with Gasteiger partial charge in [0.15, 0.2) is 17.5 Å². The zero-order chi connectivity index (χ0) is 17.6. The second-order valence-corrected chi connectivity index (χ2v) is 5.53. The Labute approximate surface area is 144 Å². The maximum Gasteiger partial charge on any atom is 0.231 e. The molecule has 25 heavy (non-hydrogen) atoms. The van der Waals surface area contributed by atoms with Crippen LogP contribution in [0.4, 0.5) is 8.78 Å². The molecule has 3 rings (SSSR count). The van der Waals surface area contributed by atoms with E-state index in [9.17, 15) is 8.78 Å². The van der Waals surface area contributed by atoms with E-state index in [0.717, 1.165) is 23.1 Å². The summed E-state index contributed by atoms with van der Waals surface area (Å²) in [5.41, 5.74) is 1.48. The molecule has 0 fully saturated rings. The molecule has 0 saturated heterocycles. The molecule has 0 aromatic heterocycles. The number of nitrogens with one attached hydrogen (secondary N) is 2. The highest BCUT2D eigenvalue weighted by Crippen LogP contribution is 2.32. The van der Waals surface area contributed by atoms with E-state index in [2.05, 4.69) is 15.6 Å². The summed E-state index contributed by atoms with van der Waals surface area (Å²) in [5.74, 6) is 0.960. The zero-order valence-corrected chi connectivity index (χ0v) is 13.8. The summed E-state index contributed by atoms with van der Waals surface area (Å²) in [6.07, 6.45) is 0.427. The van der Waals surface area contributed by atoms with Crippen LogP contribution in [0.1, 0.15) is 11.1 Å². The second-order valence-electron chi connectivity index (χ2n) is 5.53. The summed E-state index contributed by atoms with van der Waals surface area (Å²) >= 11 is 0. The smallest absolute Gasteiger partial charge is 0.231 e. The van der Waals surface area contributed by atoms with Gasteiger partial charge in [0.05, 0.1) is 0 Å². The fourth-order valence-electron chi connectivity index (χ4n) is 2.50. The Balaban J connectivity index is 1.48. The van der Waals surface area contributed by atoms with E-state index in [4.69, 9.17) is 9.47 Å². The predicted molar refractivity (Wildman–Crippen MR) is 90.8 cm³/mol. The fraction of sp³-hybridized carbons (Fsp3) is 0.278. The fourth-order valence-corrected chi connectivity index (χ4v) is 2.50. The molecule has 2 aromatic carbocycles. The first-order chi connectivity index (χ1) is 12.2. The number of rotatable bonds is 5. The van der Waals surface area contributed by atoms with Crippen molar-refractivity contribution in [3.05, 3.63) is 59.2 Å². The van der Waals surface area contributed by atoms with Crippen molar-refractivity contribution >= 4 is 5.96 Å². The topological polar surface area (TPSA) is 54.9 Å². The van der Waals surface area contributed by atoms with Gasteiger partial charge < -0.3 is 20.1 Å². The van der Waals surface area contributed by atoms with Crippen molar-refractivity contribution in [2.75, 3.05) is 20.4 Å². The Morgan fingerprint density at radius 3 is 2.72 bits per heavy atom. The van der Waals surface area contributed by atoms with Crippen LogP contribution in [0.5, 0.6) is 11.5 Å². The van der Waals surface area contributed by atoms with Gasteiger partial charge in [0.1, 0.15) is 11.6 Å². The first kappa shape index (κ1) is 17.0. The van der Waals surface area contributed by atoms with Gasteiger partial charge >= 0.3 is 0 Å². The Morgan fingerprint density at radius 1 is 1.08 bits per heavy atom. The second kappa shape index (κ2) is 7.83. The van der Waals surface area contributed by atoms with E-state index in [1.54, 1.807) is 7.05 Å². The highest BCUT2D eigenvalue weighted by molar-refractivity contribution is 5.79. The summed E-state index contributed by atoms with van der Waals surface area (Å²) in [6, 6.07) is 9.33. The SMILES string of the molecule is CN=C(NCCc1ccc(F)cc1F)NCc1ccc2c(c1)OCO2. The van der Waals surface area contributed by atoms with E-state index in [1.165, 1.54) is 12.1 Å². The highest BCUT2D eigenvalue weighted by Gasteiger charge is 2.13. The lowest BCUT2D eigenvalue weighted by Gasteiger charge is -2.12. The molecule has 0 radical (unpaired) electrons. The molecule has 0 spiro atoms. The highest BCUT2D eigenvalue weighted by atomic mass is 19.1. The van der Waals surface area contributed by atoms with Gasteiger partial charge in [-0.3, -0.25) is 4.99 Å². The van der Waals surface area contributed by atoms with Crippen LogP contribution in [0.2, 0.25) is 0 Å². The van der Waals surface area contributed by atoms with Gasteiger partial charge in [-0.1, -0.05) is 12.1 Å². The standard InChI is InChI=1S/C18H19F2N3O2/c1-21-18(22-7-6-13-3-4-14(19)9-15(13)20)23-10-12-2-5-16-17(8-12)25-11-24-16/h2-5,8-9H,6-7,10-11H2,1H3,(H2,21,22,23). The molecule has 0 amide bonds. The van der Waals surface area contributed by atoms with Gasteiger partial charge in [0.25, 0.3) is 0 Å². The maximum absolute atomic E-state index is 13.6. The third-order valence-corrected chi connectivity index (χ3v) is 3.82. The van der Waals surface area contributed by atoms with Crippen molar-refractivity contribution in [3.8, 4) is 11.5 Å². The molecule has 5 nitrogen and oxygen atoms in total. The first-order valence-electron chi connectivity index (χ1n) is 7.92. The Kier molecular flexibility index (Phi) is 5.33. The van der Waals surface area contributed by atoms with Gasteiger partial charge in [-0.2, -0.15) is 0 Å². The van der Waals surface area contributed by atoms with Crippen molar-refractivity contribution in [2.24, 2.45) is 4.99 Å². The number of nitrogens with zero attached hydrogens (tertiary/aromatic N) is 1. The van der Waals surface area contributed by atoms with Crippen LogP contribution in [-0.4, -0.2) is 26.3 Å². The van der Waals surface area contributed by atoms with Gasteiger partial charge in [0.2, 0.25) is 6.79 Å². The molecular weight excluding hydrogens is 328 g/mol. The number of ether oxygens (including phenoxy) is 2. The van der Waals surface area contributed by atoms with Gasteiger partial charge in [-0.05, 0) is 35.7 Å². The average molecular weight is 347 g/mol. The summed E-state index contributed by atoms with van der Waals surface area (Å²) < 4.78 is 37.1. The van der Waals surface area contributed by atoms with Crippen molar-refractivity contribution in [3.63, 3.8) is 0 Å². The summed E-state index contributed by atoms with van der Waals surface area (Å²) in [4.78, 5) is 4.13. The van der Waals surface area contributed by atoms with Gasteiger partial charge in [0, 0.05) is 26.2 Å². The lowest BCUT2D eigenvalue weighted by Crippen LogP contribution is -2.37. The number of benzene rings is 2. The van der Waals surface area contributed by atoms with E-state index >= 15 is 0 Å². The van der Waals surface area contributed by atoms with E-state index in [1.807, 2.05) is 18.2 Å². The minimum absolute atomic E-state index is 0.245. The normalized spacial score (nSPS) is 13.0. The number of hydrogen-bond acceptors (Lipinski definition) is 3. The van der Waals surface area contributed by atoms with Crippen molar-refractivity contribution in [2.45, 2.75) is 13.0 Å². The van der Waals surface area contributed by atoms with Crippen molar-refractivity contribution in [1.82, 2.24) is 10.6 Å². The summed E-state index contributed by atoms with van der Waals surface area (Å²) in [6.45, 7) is 1.28.